The van der Waals surface area contributed by atoms with E-state index in [0.29, 0.717) is 5.95 Å². The first-order valence-corrected chi connectivity index (χ1v) is 7.48. The third-order valence-electron chi connectivity index (χ3n) is 3.00. The topological polar surface area (TPSA) is 41.1 Å². The molecule has 0 bridgehead atoms. The Morgan fingerprint density at radius 2 is 1.95 bits per heavy atom. The van der Waals surface area contributed by atoms with Gasteiger partial charge in [-0.1, -0.05) is 24.6 Å². The van der Waals surface area contributed by atoms with Gasteiger partial charge in [-0.15, -0.1) is 0 Å². The van der Waals surface area contributed by atoms with Crippen molar-refractivity contribution in [1.82, 2.24) is 9.97 Å². The van der Waals surface area contributed by atoms with Crippen LogP contribution in [0.15, 0.2) is 34.9 Å². The molecule has 1 aromatic heterocycles. The number of hydrogen-bond acceptors (Lipinski definition) is 4. The van der Waals surface area contributed by atoms with Crippen molar-refractivity contribution in [3.63, 3.8) is 0 Å². The zero-order valence-electron chi connectivity index (χ0n) is 12.0. The SMILES string of the molecule is CCCNc1ncc(Br)c(N(C)c2ccc(C)cc2)n1. The van der Waals surface area contributed by atoms with Crippen LogP contribution in [0.2, 0.25) is 0 Å². The molecule has 20 heavy (non-hydrogen) atoms. The maximum atomic E-state index is 4.57. The van der Waals surface area contributed by atoms with E-state index in [2.05, 4.69) is 69.3 Å². The lowest BCUT2D eigenvalue weighted by atomic mass is 10.2. The van der Waals surface area contributed by atoms with Crippen molar-refractivity contribution in [2.75, 3.05) is 23.8 Å². The van der Waals surface area contributed by atoms with Crippen LogP contribution < -0.4 is 10.2 Å². The molecular formula is C15H19BrN4. The first-order valence-electron chi connectivity index (χ1n) is 6.68. The molecule has 1 aromatic carbocycles. The maximum absolute atomic E-state index is 4.57. The summed E-state index contributed by atoms with van der Waals surface area (Å²) >= 11 is 3.52. The Balaban J connectivity index is 2.28. The lowest BCUT2D eigenvalue weighted by molar-refractivity contribution is 0.946. The van der Waals surface area contributed by atoms with Gasteiger partial charge in [0.25, 0.3) is 0 Å². The standard InChI is InChI=1S/C15H19BrN4/c1-4-9-17-15-18-10-13(16)14(19-15)20(3)12-7-5-11(2)6-8-12/h5-8,10H,4,9H2,1-3H3,(H,17,18,19). The minimum absolute atomic E-state index is 0.656. The van der Waals surface area contributed by atoms with Crippen LogP contribution in [0.1, 0.15) is 18.9 Å². The highest BCUT2D eigenvalue weighted by atomic mass is 79.9. The molecular weight excluding hydrogens is 316 g/mol. The lowest BCUT2D eigenvalue weighted by Gasteiger charge is -2.20. The highest BCUT2D eigenvalue weighted by molar-refractivity contribution is 9.10. The van der Waals surface area contributed by atoms with Gasteiger partial charge in [-0.2, -0.15) is 4.98 Å². The van der Waals surface area contributed by atoms with Gasteiger partial charge in [0.2, 0.25) is 5.95 Å². The average molecular weight is 335 g/mol. The van der Waals surface area contributed by atoms with Gasteiger partial charge in [0.05, 0.1) is 4.47 Å². The molecule has 0 amide bonds. The first kappa shape index (κ1) is 14.8. The Bertz CT molecular complexity index is 569. The molecule has 0 aliphatic carbocycles. The van der Waals surface area contributed by atoms with Crippen molar-refractivity contribution < 1.29 is 0 Å². The van der Waals surface area contributed by atoms with E-state index in [1.807, 2.05) is 11.9 Å². The van der Waals surface area contributed by atoms with E-state index in [9.17, 15) is 0 Å². The second-order valence-corrected chi connectivity index (χ2v) is 5.54. The number of hydrogen-bond donors (Lipinski definition) is 1. The lowest BCUT2D eigenvalue weighted by Crippen LogP contribution is -2.14. The van der Waals surface area contributed by atoms with Crippen LogP contribution in [-0.4, -0.2) is 23.6 Å². The van der Waals surface area contributed by atoms with Crippen molar-refractivity contribution in [3.05, 3.63) is 40.5 Å². The van der Waals surface area contributed by atoms with Crippen molar-refractivity contribution >= 4 is 33.4 Å². The van der Waals surface area contributed by atoms with Gasteiger partial charge in [-0.05, 0) is 41.4 Å². The summed E-state index contributed by atoms with van der Waals surface area (Å²) in [7, 11) is 2.00. The number of nitrogens with zero attached hydrogens (tertiary/aromatic N) is 3. The van der Waals surface area contributed by atoms with Gasteiger partial charge >= 0.3 is 0 Å². The van der Waals surface area contributed by atoms with Gasteiger partial charge < -0.3 is 10.2 Å². The zero-order valence-corrected chi connectivity index (χ0v) is 13.6. The number of benzene rings is 1. The third-order valence-corrected chi connectivity index (χ3v) is 3.56. The van der Waals surface area contributed by atoms with Crippen molar-refractivity contribution in [2.45, 2.75) is 20.3 Å². The molecule has 0 unspecified atom stereocenters. The Morgan fingerprint density at radius 3 is 2.60 bits per heavy atom. The summed E-state index contributed by atoms with van der Waals surface area (Å²) in [6, 6.07) is 8.36. The van der Waals surface area contributed by atoms with Crippen LogP contribution >= 0.6 is 15.9 Å². The molecule has 2 rings (SSSR count). The predicted molar refractivity (Wildman–Crippen MR) is 87.8 cm³/mol. The second-order valence-electron chi connectivity index (χ2n) is 4.69. The molecule has 0 saturated heterocycles. The molecule has 0 spiro atoms. The second kappa shape index (κ2) is 6.70. The van der Waals surface area contributed by atoms with Crippen LogP contribution in [-0.2, 0) is 0 Å². The quantitative estimate of drug-likeness (QED) is 0.892. The molecule has 0 aliphatic rings. The van der Waals surface area contributed by atoms with Crippen LogP contribution in [0, 0.1) is 6.92 Å². The first-order chi connectivity index (χ1) is 9.61. The van der Waals surface area contributed by atoms with E-state index in [1.54, 1.807) is 6.20 Å². The minimum atomic E-state index is 0.656. The summed E-state index contributed by atoms with van der Waals surface area (Å²) in [5, 5.41) is 3.21. The smallest absolute Gasteiger partial charge is 0.224 e. The van der Waals surface area contributed by atoms with Crippen LogP contribution in [0.4, 0.5) is 17.5 Å². The molecule has 0 aliphatic heterocycles. The molecule has 0 radical (unpaired) electrons. The summed E-state index contributed by atoms with van der Waals surface area (Å²) in [6.45, 7) is 5.07. The van der Waals surface area contributed by atoms with E-state index in [4.69, 9.17) is 0 Å². The minimum Gasteiger partial charge on any atom is -0.354 e. The zero-order chi connectivity index (χ0) is 14.5. The van der Waals surface area contributed by atoms with Gasteiger partial charge in [0.15, 0.2) is 5.82 Å². The number of aryl methyl sites for hydroxylation is 1. The molecule has 5 heteroatoms. The molecule has 0 fully saturated rings. The van der Waals surface area contributed by atoms with E-state index in [-0.39, 0.29) is 0 Å². The number of halogens is 1. The molecule has 1 N–H and O–H groups in total. The number of aromatic nitrogens is 2. The Labute approximate surface area is 128 Å². The number of anilines is 3. The maximum Gasteiger partial charge on any atom is 0.224 e. The summed E-state index contributed by atoms with van der Waals surface area (Å²) in [6.07, 6.45) is 2.83. The number of nitrogens with one attached hydrogen (secondary N) is 1. The highest BCUT2D eigenvalue weighted by Gasteiger charge is 2.11. The monoisotopic (exact) mass is 334 g/mol. The van der Waals surface area contributed by atoms with Gasteiger partial charge in [0, 0.05) is 25.5 Å². The van der Waals surface area contributed by atoms with Crippen molar-refractivity contribution in [1.29, 1.82) is 0 Å². The average Bonchev–Trinajstić information content (AvgIpc) is 2.46. The highest BCUT2D eigenvalue weighted by Crippen LogP contribution is 2.29. The summed E-state index contributed by atoms with van der Waals surface area (Å²) < 4.78 is 0.877. The summed E-state index contributed by atoms with van der Waals surface area (Å²) in [5.41, 5.74) is 2.34. The molecule has 1 heterocycles. The number of rotatable bonds is 5. The molecule has 106 valence electrons. The van der Waals surface area contributed by atoms with E-state index in [0.717, 1.165) is 28.9 Å². The molecule has 4 nitrogen and oxygen atoms in total. The molecule has 0 saturated carbocycles. The Hall–Kier alpha value is -1.62. The van der Waals surface area contributed by atoms with Crippen molar-refractivity contribution in [2.24, 2.45) is 0 Å². The van der Waals surface area contributed by atoms with Gasteiger partial charge in [0.1, 0.15) is 0 Å². The fourth-order valence-electron chi connectivity index (χ4n) is 1.81. The van der Waals surface area contributed by atoms with Crippen molar-refractivity contribution in [3.8, 4) is 0 Å². The van der Waals surface area contributed by atoms with E-state index in [1.165, 1.54) is 5.56 Å². The van der Waals surface area contributed by atoms with Crippen LogP contribution in [0.5, 0.6) is 0 Å². The third kappa shape index (κ3) is 3.48. The van der Waals surface area contributed by atoms with Gasteiger partial charge in [-0.25, -0.2) is 4.98 Å². The summed E-state index contributed by atoms with van der Waals surface area (Å²) in [4.78, 5) is 10.9. The van der Waals surface area contributed by atoms with E-state index < -0.39 is 0 Å². The Morgan fingerprint density at radius 1 is 1.25 bits per heavy atom. The van der Waals surface area contributed by atoms with Crippen LogP contribution in [0.3, 0.4) is 0 Å². The van der Waals surface area contributed by atoms with E-state index >= 15 is 0 Å². The molecule has 0 atom stereocenters. The molecule has 2 aromatic rings. The fourth-order valence-corrected chi connectivity index (χ4v) is 2.26. The predicted octanol–water partition coefficient (Wildman–Crippen LogP) is 4.14. The largest absolute Gasteiger partial charge is 0.354 e. The fraction of sp³-hybridized carbons (Fsp3) is 0.333. The van der Waals surface area contributed by atoms with Crippen LogP contribution in [0.25, 0.3) is 0 Å². The van der Waals surface area contributed by atoms with Gasteiger partial charge in [-0.3, -0.25) is 0 Å². The summed E-state index contributed by atoms with van der Waals surface area (Å²) in [5.74, 6) is 1.51. The normalized spacial score (nSPS) is 10.4. The Kier molecular flexibility index (Phi) is 4.95.